The minimum absolute atomic E-state index is 0.113. The van der Waals surface area contributed by atoms with E-state index in [1.807, 2.05) is 0 Å². The summed E-state index contributed by atoms with van der Waals surface area (Å²) >= 11 is 0. The van der Waals surface area contributed by atoms with Gasteiger partial charge in [-0.1, -0.05) is 58.9 Å². The van der Waals surface area contributed by atoms with E-state index >= 15 is 0 Å². The van der Waals surface area contributed by atoms with Crippen LogP contribution in [0.15, 0.2) is 24.3 Å². The lowest BCUT2D eigenvalue weighted by Gasteiger charge is -2.40. The summed E-state index contributed by atoms with van der Waals surface area (Å²) in [4.78, 5) is 116. The Morgan fingerprint density at radius 1 is 0.755 bits per heavy atom. The summed E-state index contributed by atoms with van der Waals surface area (Å²) in [6, 6.07) is -1.16. The number of nitrogens with one attached hydrogen (secondary N) is 3. The molecule has 5 atom stereocenters. The van der Waals surface area contributed by atoms with Gasteiger partial charge in [-0.15, -0.1) is 0 Å². The summed E-state index contributed by atoms with van der Waals surface area (Å²) in [7, 11) is 0. The average Bonchev–Trinajstić information content (AvgIpc) is 3.02. The first kappa shape index (κ1) is 45.6. The van der Waals surface area contributed by atoms with Gasteiger partial charge in [0.15, 0.2) is 0 Å². The predicted octanol–water partition coefficient (Wildman–Crippen LogP) is -0.175. The molecule has 0 radical (unpaired) electrons. The lowest BCUT2D eigenvalue weighted by Crippen LogP contribution is -2.64. The number of carboxylic acids is 3. The summed E-state index contributed by atoms with van der Waals surface area (Å²) in [5.41, 5.74) is 11.1. The summed E-state index contributed by atoms with van der Waals surface area (Å²) in [6.07, 6.45) is -3.63. The molecule has 0 bridgehead atoms. The Bertz CT molecular complexity index is 1540. The van der Waals surface area contributed by atoms with Crippen molar-refractivity contribution in [2.75, 3.05) is 0 Å². The number of carboxylic acid groups (broad SMARTS) is 3. The molecule has 0 spiro atoms. The van der Waals surface area contributed by atoms with Crippen molar-refractivity contribution in [3.63, 3.8) is 0 Å². The highest BCUT2D eigenvalue weighted by molar-refractivity contribution is 6.05. The normalized spacial score (nSPS) is 14.1. The van der Waals surface area contributed by atoms with E-state index in [2.05, 4.69) is 16.0 Å². The Hall–Kier alpha value is -5.39. The van der Waals surface area contributed by atoms with Crippen LogP contribution >= 0.6 is 0 Å². The van der Waals surface area contributed by atoms with Crippen LogP contribution in [0.1, 0.15) is 84.3 Å². The second kappa shape index (κ2) is 20.6. The first-order valence-electron chi connectivity index (χ1n) is 17.0. The number of hydrogen-bond acceptors (Lipinski definition) is 10. The number of primary amides is 1. The molecule has 6 amide bonds. The van der Waals surface area contributed by atoms with Gasteiger partial charge in [-0.3, -0.25) is 48.1 Å². The third-order valence-corrected chi connectivity index (χ3v) is 8.06. The molecule has 18 heteroatoms. The van der Waals surface area contributed by atoms with Gasteiger partial charge in [0.1, 0.15) is 24.2 Å². The predicted molar refractivity (Wildman–Crippen MR) is 188 cm³/mol. The Morgan fingerprint density at radius 3 is 1.79 bits per heavy atom. The Morgan fingerprint density at radius 2 is 1.30 bits per heavy atom. The molecule has 53 heavy (non-hydrogen) atoms. The van der Waals surface area contributed by atoms with Crippen LogP contribution < -0.4 is 27.4 Å². The van der Waals surface area contributed by atoms with E-state index in [-0.39, 0.29) is 18.8 Å². The molecule has 0 fully saturated rings. The van der Waals surface area contributed by atoms with E-state index in [0.717, 1.165) is 0 Å². The van der Waals surface area contributed by atoms with Crippen molar-refractivity contribution in [2.45, 2.75) is 117 Å². The molecule has 0 aliphatic heterocycles. The number of aryl methyl sites for hydroxylation is 1. The van der Waals surface area contributed by atoms with Gasteiger partial charge in [0.25, 0.3) is 5.91 Å². The van der Waals surface area contributed by atoms with Gasteiger partial charge >= 0.3 is 17.9 Å². The monoisotopic (exact) mass is 748 g/mol. The van der Waals surface area contributed by atoms with Crippen LogP contribution in [-0.4, -0.2) is 104 Å². The van der Waals surface area contributed by atoms with E-state index in [4.69, 9.17) is 16.6 Å². The van der Waals surface area contributed by atoms with Crippen LogP contribution in [0, 0.1) is 18.3 Å². The van der Waals surface area contributed by atoms with Crippen molar-refractivity contribution in [1.29, 1.82) is 0 Å². The highest BCUT2D eigenvalue weighted by atomic mass is 16.4. The molecule has 1 aromatic rings. The van der Waals surface area contributed by atoms with Crippen molar-refractivity contribution < 1.29 is 58.5 Å². The minimum Gasteiger partial charge on any atom is -0.481 e. The minimum atomic E-state index is -1.69. The summed E-state index contributed by atoms with van der Waals surface area (Å²) in [6.45, 7) is 9.83. The number of nitrogens with two attached hydrogens (primary N) is 2. The second-order valence-electron chi connectivity index (χ2n) is 14.2. The van der Waals surface area contributed by atoms with Gasteiger partial charge in [-0.25, -0.2) is 0 Å². The summed E-state index contributed by atoms with van der Waals surface area (Å²) in [5, 5.41) is 34.9. The molecule has 0 saturated carbocycles. The molecule has 1 rings (SSSR count). The van der Waals surface area contributed by atoms with Crippen molar-refractivity contribution >= 4 is 53.4 Å². The molecule has 0 unspecified atom stereocenters. The zero-order valence-electron chi connectivity index (χ0n) is 30.8. The smallest absolute Gasteiger partial charge is 0.305 e. The average molecular weight is 749 g/mol. The van der Waals surface area contributed by atoms with Crippen molar-refractivity contribution in [3.8, 4) is 0 Å². The third-order valence-electron chi connectivity index (χ3n) is 8.06. The van der Waals surface area contributed by atoms with Gasteiger partial charge in [0.05, 0.1) is 18.9 Å². The molecular formula is C35H52N6O12. The number of amides is 6. The van der Waals surface area contributed by atoms with Crippen LogP contribution in [0.5, 0.6) is 0 Å². The maximum absolute atomic E-state index is 14.7. The maximum Gasteiger partial charge on any atom is 0.305 e. The zero-order chi connectivity index (χ0) is 40.8. The standard InChI is InChI=1S/C35H52N6O12/c1-18(2)15-23(30(37)49)39-33(52)29(35(4,5)6)41(25(42)12-14-27(45)46)34(53)24(16-20-10-8-7-9-19(20)3)40-32(51)22(11-13-26(43)44)38-31(50)21(36)17-28(47)48/h7-10,18,21-24,29H,11-17,36H2,1-6H3,(H2,37,49)(H,38,50)(H,39,52)(H,40,51)(H,43,44)(H,45,46)(H,47,48)/t21-,22-,23-,24-,29+/m0/s1. The number of carbonyl (C=O) groups is 9. The maximum atomic E-state index is 14.7. The van der Waals surface area contributed by atoms with Crippen LogP contribution in [0.3, 0.4) is 0 Å². The number of aliphatic carboxylic acids is 3. The van der Waals surface area contributed by atoms with E-state index < -0.39 is 121 Å². The fraction of sp³-hybridized carbons (Fsp3) is 0.571. The molecule has 0 aromatic heterocycles. The molecule has 0 saturated heterocycles. The van der Waals surface area contributed by atoms with Gasteiger partial charge in [-0.2, -0.15) is 0 Å². The lowest BCUT2D eigenvalue weighted by atomic mass is 9.83. The van der Waals surface area contributed by atoms with Gasteiger partial charge in [-0.05, 0) is 42.2 Å². The van der Waals surface area contributed by atoms with Gasteiger partial charge in [0.2, 0.25) is 29.5 Å². The summed E-state index contributed by atoms with van der Waals surface area (Å²) < 4.78 is 0. The molecule has 1 aromatic carbocycles. The van der Waals surface area contributed by atoms with E-state index in [9.17, 15) is 53.4 Å². The summed E-state index contributed by atoms with van der Waals surface area (Å²) in [5.74, 6) is -10.5. The molecular weight excluding hydrogens is 696 g/mol. The first-order valence-corrected chi connectivity index (χ1v) is 17.0. The molecule has 18 nitrogen and oxygen atoms in total. The number of benzene rings is 1. The van der Waals surface area contributed by atoms with E-state index in [0.29, 0.717) is 16.0 Å². The van der Waals surface area contributed by atoms with E-state index in [1.165, 1.54) is 20.8 Å². The van der Waals surface area contributed by atoms with Crippen molar-refractivity contribution in [3.05, 3.63) is 35.4 Å². The highest BCUT2D eigenvalue weighted by Gasteiger charge is 2.45. The first-order chi connectivity index (χ1) is 24.5. The SMILES string of the molecule is Cc1ccccc1C[C@H](NC(=O)[C@H](CCC(=O)O)NC(=O)[C@@H](N)CC(=O)O)C(=O)N(C(=O)CCC(=O)O)[C@H](C(=O)N[C@@H](CC(C)C)C(N)=O)C(C)(C)C. The number of imide groups is 1. The highest BCUT2D eigenvalue weighted by Crippen LogP contribution is 2.28. The molecule has 0 aliphatic carbocycles. The second-order valence-corrected chi connectivity index (χ2v) is 14.2. The Labute approximate surface area is 307 Å². The molecule has 294 valence electrons. The number of hydrogen-bond donors (Lipinski definition) is 8. The van der Waals surface area contributed by atoms with Crippen LogP contribution in [0.25, 0.3) is 0 Å². The Balaban J connectivity index is 3.88. The molecule has 10 N–H and O–H groups in total. The largest absolute Gasteiger partial charge is 0.481 e. The molecule has 0 aliphatic rings. The fourth-order valence-electron chi connectivity index (χ4n) is 5.39. The van der Waals surface area contributed by atoms with Crippen molar-refractivity contribution in [1.82, 2.24) is 20.9 Å². The van der Waals surface area contributed by atoms with Crippen molar-refractivity contribution in [2.24, 2.45) is 22.8 Å². The Kier molecular flexibility index (Phi) is 17.7. The van der Waals surface area contributed by atoms with Crippen LogP contribution in [0.4, 0.5) is 0 Å². The quantitative estimate of drug-likeness (QED) is 0.0811. The third kappa shape index (κ3) is 15.4. The number of carbonyl (C=O) groups excluding carboxylic acids is 6. The van der Waals surface area contributed by atoms with E-state index in [1.54, 1.807) is 45.0 Å². The number of nitrogens with zero attached hydrogens (tertiary/aromatic N) is 1. The topological polar surface area (TPSA) is 306 Å². The molecule has 0 heterocycles. The van der Waals surface area contributed by atoms with Crippen LogP contribution in [-0.2, 0) is 49.6 Å². The van der Waals surface area contributed by atoms with Gasteiger partial charge < -0.3 is 42.7 Å². The fourth-order valence-corrected chi connectivity index (χ4v) is 5.39. The van der Waals surface area contributed by atoms with Crippen LogP contribution in [0.2, 0.25) is 0 Å². The van der Waals surface area contributed by atoms with Gasteiger partial charge in [0, 0.05) is 19.3 Å². The zero-order valence-corrected chi connectivity index (χ0v) is 30.8. The number of rotatable bonds is 21. The lowest BCUT2D eigenvalue weighted by molar-refractivity contribution is -0.159.